The fourth-order valence-electron chi connectivity index (χ4n) is 2.37. The van der Waals surface area contributed by atoms with Crippen molar-refractivity contribution in [3.05, 3.63) is 53.9 Å². The van der Waals surface area contributed by atoms with Crippen LogP contribution in [0.4, 0.5) is 4.79 Å². The van der Waals surface area contributed by atoms with Gasteiger partial charge in [0.2, 0.25) is 5.91 Å². The third-order valence-corrected chi connectivity index (χ3v) is 3.63. The molecule has 0 aliphatic rings. The van der Waals surface area contributed by atoms with Gasteiger partial charge < -0.3 is 10.6 Å². The highest BCUT2D eigenvalue weighted by atomic mass is 16.2. The Bertz CT molecular complexity index is 735. The molecule has 0 saturated carbocycles. The zero-order valence-electron chi connectivity index (χ0n) is 15.7. The van der Waals surface area contributed by atoms with Crippen LogP contribution in [0, 0.1) is 0 Å². The van der Waals surface area contributed by atoms with E-state index >= 15 is 0 Å². The van der Waals surface area contributed by atoms with Crippen LogP contribution in [0.15, 0.2) is 42.7 Å². The lowest BCUT2D eigenvalue weighted by Crippen LogP contribution is -2.52. The number of amides is 3. The van der Waals surface area contributed by atoms with E-state index in [9.17, 15) is 9.59 Å². The number of nitrogens with one attached hydrogen (secondary N) is 3. The van der Waals surface area contributed by atoms with Crippen LogP contribution in [0.5, 0.6) is 0 Å². The fraction of sp³-hybridized carbons (Fsp3) is 0.421. The lowest BCUT2D eigenvalue weighted by molar-refractivity contribution is -0.121. The summed E-state index contributed by atoms with van der Waals surface area (Å²) in [5.41, 5.74) is 1.80. The minimum absolute atomic E-state index is 0.362. The van der Waals surface area contributed by atoms with Gasteiger partial charge in [0.25, 0.3) is 0 Å². The summed E-state index contributed by atoms with van der Waals surface area (Å²) in [6.45, 7) is 8.53. The number of hydrogen-bond acceptors (Lipinski definition) is 4. The summed E-state index contributed by atoms with van der Waals surface area (Å²) in [5.74, 6) is -0.362. The van der Waals surface area contributed by atoms with Gasteiger partial charge in [-0.1, -0.05) is 24.3 Å². The van der Waals surface area contributed by atoms with Crippen molar-refractivity contribution in [3.8, 4) is 0 Å². The van der Waals surface area contributed by atoms with E-state index < -0.39 is 17.6 Å². The predicted molar refractivity (Wildman–Crippen MR) is 101 cm³/mol. The molecule has 0 saturated heterocycles. The fourth-order valence-corrected chi connectivity index (χ4v) is 2.37. The molecule has 2 rings (SSSR count). The second-order valence-electron chi connectivity index (χ2n) is 7.32. The van der Waals surface area contributed by atoms with Gasteiger partial charge in [-0.25, -0.2) is 4.79 Å². The highest BCUT2D eigenvalue weighted by Crippen LogP contribution is 2.07. The molecule has 1 heterocycles. The molecule has 0 spiro atoms. The molecule has 3 amide bonds. The van der Waals surface area contributed by atoms with Gasteiger partial charge in [0, 0.05) is 24.5 Å². The number of benzene rings is 1. The Morgan fingerprint density at radius 2 is 1.92 bits per heavy atom. The van der Waals surface area contributed by atoms with Crippen molar-refractivity contribution in [3.63, 3.8) is 0 Å². The lowest BCUT2D eigenvalue weighted by atomic mass is 10.1. The molecule has 1 aromatic heterocycles. The molecule has 1 atom stereocenters. The van der Waals surface area contributed by atoms with E-state index in [1.165, 1.54) is 0 Å². The van der Waals surface area contributed by atoms with Crippen molar-refractivity contribution < 1.29 is 9.59 Å². The van der Waals surface area contributed by atoms with Crippen molar-refractivity contribution in [1.82, 2.24) is 25.7 Å². The minimum atomic E-state index is -0.490. The predicted octanol–water partition coefficient (Wildman–Crippen LogP) is 2.03. The van der Waals surface area contributed by atoms with Gasteiger partial charge in [0.15, 0.2) is 0 Å². The molecule has 0 fully saturated rings. The molecule has 3 N–H and O–H groups in total. The van der Waals surface area contributed by atoms with E-state index in [0.717, 1.165) is 11.1 Å². The van der Waals surface area contributed by atoms with Crippen LogP contribution in [-0.4, -0.2) is 33.3 Å². The Labute approximate surface area is 154 Å². The summed E-state index contributed by atoms with van der Waals surface area (Å²) in [4.78, 5) is 23.9. The second kappa shape index (κ2) is 8.62. The van der Waals surface area contributed by atoms with Crippen LogP contribution in [0.2, 0.25) is 0 Å². The molecule has 7 nitrogen and oxygen atoms in total. The number of carbonyl (C=O) groups excluding carboxylic acids is 2. The van der Waals surface area contributed by atoms with E-state index in [4.69, 9.17) is 0 Å². The Morgan fingerprint density at radius 1 is 1.19 bits per heavy atom. The third kappa shape index (κ3) is 6.68. The molecule has 0 bridgehead atoms. The van der Waals surface area contributed by atoms with Gasteiger partial charge in [0.1, 0.15) is 0 Å². The molecule has 140 valence electrons. The second-order valence-corrected chi connectivity index (χ2v) is 7.32. The van der Waals surface area contributed by atoms with Crippen LogP contribution in [-0.2, 0) is 17.9 Å². The van der Waals surface area contributed by atoms with E-state index in [1.807, 2.05) is 55.9 Å². The zero-order valence-corrected chi connectivity index (χ0v) is 15.7. The third-order valence-electron chi connectivity index (χ3n) is 3.63. The molecular formula is C19H27N5O2. The quantitative estimate of drug-likeness (QED) is 0.738. The van der Waals surface area contributed by atoms with Crippen LogP contribution < -0.4 is 16.0 Å². The van der Waals surface area contributed by atoms with Crippen molar-refractivity contribution >= 4 is 11.9 Å². The van der Waals surface area contributed by atoms with E-state index in [1.54, 1.807) is 13.1 Å². The molecule has 26 heavy (non-hydrogen) atoms. The summed E-state index contributed by atoms with van der Waals surface area (Å²) in [6.07, 6.45) is 3.67. The number of aromatic nitrogens is 2. The van der Waals surface area contributed by atoms with E-state index in [0.29, 0.717) is 13.1 Å². The van der Waals surface area contributed by atoms with Crippen LogP contribution in [0.25, 0.3) is 0 Å². The summed E-state index contributed by atoms with van der Waals surface area (Å²) < 4.78 is 1.86. The maximum absolute atomic E-state index is 12.1. The minimum Gasteiger partial charge on any atom is -0.333 e. The Morgan fingerprint density at radius 3 is 2.58 bits per heavy atom. The number of rotatable bonds is 6. The standard InChI is InChI=1S/C19H27N5O2/c1-14(17(25)22-18(26)23-19(2,3)4)20-12-15-7-5-8-16(11-15)13-24-10-6-9-21-24/h5-11,14,20H,12-13H2,1-4H3,(H2,22,23,25,26). The smallest absolute Gasteiger partial charge is 0.321 e. The summed E-state index contributed by atoms with van der Waals surface area (Å²) >= 11 is 0. The number of hydrogen-bond donors (Lipinski definition) is 3. The molecule has 1 unspecified atom stereocenters. The topological polar surface area (TPSA) is 88.1 Å². The number of carbonyl (C=O) groups is 2. The zero-order chi connectivity index (χ0) is 19.2. The van der Waals surface area contributed by atoms with Gasteiger partial charge in [-0.15, -0.1) is 0 Å². The van der Waals surface area contributed by atoms with Gasteiger partial charge in [-0.3, -0.25) is 14.8 Å². The van der Waals surface area contributed by atoms with Gasteiger partial charge >= 0.3 is 6.03 Å². The highest BCUT2D eigenvalue weighted by molar-refractivity contribution is 5.97. The van der Waals surface area contributed by atoms with Crippen molar-refractivity contribution in [2.75, 3.05) is 0 Å². The Hall–Kier alpha value is -2.67. The van der Waals surface area contributed by atoms with Crippen LogP contribution in [0.1, 0.15) is 38.8 Å². The first-order chi connectivity index (χ1) is 12.2. The maximum Gasteiger partial charge on any atom is 0.321 e. The molecule has 0 aliphatic heterocycles. The van der Waals surface area contributed by atoms with Crippen LogP contribution in [0.3, 0.4) is 0 Å². The number of nitrogens with zero attached hydrogens (tertiary/aromatic N) is 2. The average Bonchev–Trinajstić information content (AvgIpc) is 3.04. The number of imide groups is 1. The van der Waals surface area contributed by atoms with E-state index in [2.05, 4.69) is 27.1 Å². The van der Waals surface area contributed by atoms with Crippen molar-refractivity contribution in [1.29, 1.82) is 0 Å². The van der Waals surface area contributed by atoms with Gasteiger partial charge in [-0.05, 0) is 44.9 Å². The van der Waals surface area contributed by atoms with Gasteiger partial charge in [-0.2, -0.15) is 5.10 Å². The monoisotopic (exact) mass is 357 g/mol. The summed E-state index contributed by atoms with van der Waals surface area (Å²) in [6, 6.07) is 9.01. The Balaban J connectivity index is 1.83. The first-order valence-electron chi connectivity index (χ1n) is 8.64. The molecule has 1 aromatic carbocycles. The van der Waals surface area contributed by atoms with Crippen molar-refractivity contribution in [2.45, 2.75) is 52.4 Å². The number of urea groups is 1. The SMILES string of the molecule is CC(NCc1cccc(Cn2cccn2)c1)C(=O)NC(=O)NC(C)(C)C. The maximum atomic E-state index is 12.1. The Kier molecular flexibility index (Phi) is 6.52. The normalized spacial score (nSPS) is 12.5. The largest absolute Gasteiger partial charge is 0.333 e. The summed E-state index contributed by atoms with van der Waals surface area (Å²) in [7, 11) is 0. The average molecular weight is 357 g/mol. The molecule has 0 radical (unpaired) electrons. The first kappa shape index (κ1) is 19.7. The lowest BCUT2D eigenvalue weighted by Gasteiger charge is -2.21. The summed E-state index contributed by atoms with van der Waals surface area (Å²) in [5, 5.41) is 12.4. The van der Waals surface area contributed by atoms with Crippen LogP contribution >= 0.6 is 0 Å². The highest BCUT2D eigenvalue weighted by Gasteiger charge is 2.19. The molecular weight excluding hydrogens is 330 g/mol. The molecule has 2 aromatic rings. The first-order valence-corrected chi connectivity index (χ1v) is 8.64. The van der Waals surface area contributed by atoms with Gasteiger partial charge in [0.05, 0.1) is 12.6 Å². The molecule has 0 aliphatic carbocycles. The molecule has 7 heteroatoms. The van der Waals surface area contributed by atoms with Crippen molar-refractivity contribution in [2.24, 2.45) is 0 Å². The van der Waals surface area contributed by atoms with E-state index in [-0.39, 0.29) is 5.91 Å².